The Morgan fingerprint density at radius 1 is 1.17 bits per heavy atom. The molecule has 2 atom stereocenters. The summed E-state index contributed by atoms with van der Waals surface area (Å²) in [6, 6.07) is 11.3. The van der Waals surface area contributed by atoms with Crippen LogP contribution in [-0.2, 0) is 14.4 Å². The van der Waals surface area contributed by atoms with Gasteiger partial charge in [-0.1, -0.05) is 22.9 Å². The van der Waals surface area contributed by atoms with Crippen molar-refractivity contribution in [1.82, 2.24) is 5.01 Å². The topological polar surface area (TPSA) is 104 Å². The smallest absolute Gasteiger partial charge is 0.263 e. The molecule has 0 radical (unpaired) electrons. The Bertz CT molecular complexity index is 1010. The van der Waals surface area contributed by atoms with Gasteiger partial charge in [-0.3, -0.25) is 19.4 Å². The first kappa shape index (κ1) is 18.9. The molecule has 4 rings (SSSR count). The van der Waals surface area contributed by atoms with E-state index in [1.54, 1.807) is 48.5 Å². The summed E-state index contributed by atoms with van der Waals surface area (Å²) in [6.45, 7) is -0.230. The molecule has 148 valence electrons. The fourth-order valence-electron chi connectivity index (χ4n) is 3.25. The number of carbonyl (C=O) groups is 3. The van der Waals surface area contributed by atoms with Gasteiger partial charge in [0.2, 0.25) is 5.91 Å². The lowest BCUT2D eigenvalue weighted by atomic mass is 10.1. The molecule has 0 aliphatic carbocycles. The molecule has 2 aliphatic rings. The standard InChI is InChI=1S/C19H16ClN5O4/c1-29-14-7-5-13(6-8-14)25-18(27)16-17(19(25)28)24(23-22-16)10-15(26)21-12-4-2-3-11(20)9-12/h2-9,16-17H,10H2,1H3,(H,21,26). The van der Waals surface area contributed by atoms with Gasteiger partial charge in [-0.05, 0) is 42.5 Å². The van der Waals surface area contributed by atoms with Crippen LogP contribution < -0.4 is 15.0 Å². The van der Waals surface area contributed by atoms with Crippen LogP contribution in [0.25, 0.3) is 0 Å². The number of hydrogen-bond donors (Lipinski definition) is 1. The first-order chi connectivity index (χ1) is 14.0. The van der Waals surface area contributed by atoms with Crippen LogP contribution in [0.5, 0.6) is 5.75 Å². The van der Waals surface area contributed by atoms with Crippen LogP contribution in [0.2, 0.25) is 5.02 Å². The van der Waals surface area contributed by atoms with E-state index in [-0.39, 0.29) is 6.54 Å². The van der Waals surface area contributed by atoms with Gasteiger partial charge in [0, 0.05) is 10.7 Å². The molecule has 1 saturated heterocycles. The minimum absolute atomic E-state index is 0.230. The highest BCUT2D eigenvalue weighted by molar-refractivity contribution is 6.31. The minimum Gasteiger partial charge on any atom is -0.497 e. The van der Waals surface area contributed by atoms with E-state index in [2.05, 4.69) is 15.7 Å². The third kappa shape index (κ3) is 3.52. The molecule has 29 heavy (non-hydrogen) atoms. The van der Waals surface area contributed by atoms with Gasteiger partial charge >= 0.3 is 0 Å². The van der Waals surface area contributed by atoms with E-state index in [4.69, 9.17) is 16.3 Å². The predicted molar refractivity (Wildman–Crippen MR) is 105 cm³/mol. The molecule has 0 spiro atoms. The Balaban J connectivity index is 1.48. The molecule has 9 nitrogen and oxygen atoms in total. The fraction of sp³-hybridized carbons (Fsp3) is 0.211. The summed E-state index contributed by atoms with van der Waals surface area (Å²) >= 11 is 5.91. The van der Waals surface area contributed by atoms with E-state index in [0.717, 1.165) is 4.90 Å². The molecule has 0 aromatic heterocycles. The summed E-state index contributed by atoms with van der Waals surface area (Å²) < 4.78 is 5.09. The van der Waals surface area contributed by atoms with Crippen molar-refractivity contribution < 1.29 is 19.1 Å². The summed E-state index contributed by atoms with van der Waals surface area (Å²) in [5, 5.41) is 12.2. The molecule has 1 N–H and O–H groups in total. The predicted octanol–water partition coefficient (Wildman–Crippen LogP) is 2.28. The Kier molecular flexibility index (Phi) is 4.89. The van der Waals surface area contributed by atoms with Crippen molar-refractivity contribution >= 4 is 40.7 Å². The van der Waals surface area contributed by atoms with Crippen molar-refractivity contribution in [2.75, 3.05) is 23.9 Å². The summed E-state index contributed by atoms with van der Waals surface area (Å²) in [4.78, 5) is 39.0. The lowest BCUT2D eigenvalue weighted by molar-refractivity contribution is -0.123. The van der Waals surface area contributed by atoms with Crippen molar-refractivity contribution in [2.24, 2.45) is 10.3 Å². The third-order valence-electron chi connectivity index (χ3n) is 4.60. The molecule has 2 aromatic rings. The number of imide groups is 1. The lowest BCUT2D eigenvalue weighted by Crippen LogP contribution is -2.43. The Morgan fingerprint density at radius 2 is 1.93 bits per heavy atom. The van der Waals surface area contributed by atoms with Gasteiger partial charge in [0.15, 0.2) is 12.1 Å². The minimum atomic E-state index is -0.969. The quantitative estimate of drug-likeness (QED) is 0.757. The van der Waals surface area contributed by atoms with E-state index in [1.165, 1.54) is 12.1 Å². The van der Waals surface area contributed by atoms with Gasteiger partial charge in [-0.25, -0.2) is 4.90 Å². The van der Waals surface area contributed by atoms with Crippen LogP contribution in [0, 0.1) is 0 Å². The number of hydrogen-bond acceptors (Lipinski definition) is 7. The van der Waals surface area contributed by atoms with Gasteiger partial charge in [0.1, 0.15) is 12.3 Å². The van der Waals surface area contributed by atoms with E-state index in [9.17, 15) is 14.4 Å². The monoisotopic (exact) mass is 413 g/mol. The Morgan fingerprint density at radius 3 is 2.62 bits per heavy atom. The third-order valence-corrected chi connectivity index (χ3v) is 4.84. The summed E-state index contributed by atoms with van der Waals surface area (Å²) in [5.41, 5.74) is 0.928. The van der Waals surface area contributed by atoms with Gasteiger partial charge in [0.25, 0.3) is 11.8 Å². The second kappa shape index (κ2) is 7.51. The molecule has 0 saturated carbocycles. The molecular formula is C19H16ClN5O4. The number of nitrogens with one attached hydrogen (secondary N) is 1. The zero-order chi connectivity index (χ0) is 20.5. The highest BCUT2D eigenvalue weighted by Crippen LogP contribution is 2.32. The van der Waals surface area contributed by atoms with Crippen molar-refractivity contribution in [2.45, 2.75) is 12.1 Å². The summed E-state index contributed by atoms with van der Waals surface area (Å²) in [6.07, 6.45) is 0. The number of rotatable bonds is 5. The number of ether oxygens (including phenoxy) is 1. The molecule has 2 aliphatic heterocycles. The maximum absolute atomic E-state index is 12.9. The Hall–Kier alpha value is -3.46. The molecule has 2 heterocycles. The number of nitrogens with zero attached hydrogens (tertiary/aromatic N) is 4. The van der Waals surface area contributed by atoms with Gasteiger partial charge in [-0.15, -0.1) is 0 Å². The molecule has 2 aromatic carbocycles. The van der Waals surface area contributed by atoms with Gasteiger partial charge in [0.05, 0.1) is 12.8 Å². The highest BCUT2D eigenvalue weighted by atomic mass is 35.5. The SMILES string of the molecule is COc1ccc(N2C(=O)C3N=NN(CC(=O)Nc4cccc(Cl)c4)C3C2=O)cc1. The molecule has 2 unspecified atom stereocenters. The molecule has 3 amide bonds. The maximum Gasteiger partial charge on any atom is 0.263 e. The average Bonchev–Trinajstić information content (AvgIpc) is 3.22. The van der Waals surface area contributed by atoms with E-state index >= 15 is 0 Å². The molecule has 0 bridgehead atoms. The number of fused-ring (bicyclic) bond motifs is 1. The van der Waals surface area contributed by atoms with Crippen LogP contribution in [0.15, 0.2) is 58.9 Å². The number of benzene rings is 2. The highest BCUT2D eigenvalue weighted by Gasteiger charge is 2.55. The van der Waals surface area contributed by atoms with E-state index in [1.807, 2.05) is 0 Å². The van der Waals surface area contributed by atoms with Crippen LogP contribution in [0.4, 0.5) is 11.4 Å². The number of anilines is 2. The largest absolute Gasteiger partial charge is 0.497 e. The van der Waals surface area contributed by atoms with Crippen LogP contribution >= 0.6 is 11.6 Å². The molecule has 10 heteroatoms. The zero-order valence-electron chi connectivity index (χ0n) is 15.3. The van der Waals surface area contributed by atoms with Gasteiger partial charge < -0.3 is 10.1 Å². The normalized spacial score (nSPS) is 20.2. The maximum atomic E-state index is 12.9. The summed E-state index contributed by atoms with van der Waals surface area (Å²) in [5.74, 6) is -0.764. The van der Waals surface area contributed by atoms with Crippen LogP contribution in [0.3, 0.4) is 0 Å². The fourth-order valence-corrected chi connectivity index (χ4v) is 3.44. The second-order valence-corrected chi connectivity index (χ2v) is 6.90. The molecular weight excluding hydrogens is 398 g/mol. The first-order valence-electron chi connectivity index (χ1n) is 8.72. The van der Waals surface area contributed by atoms with Crippen molar-refractivity contribution in [3.05, 3.63) is 53.6 Å². The zero-order valence-corrected chi connectivity index (χ0v) is 16.0. The van der Waals surface area contributed by atoms with Crippen LogP contribution in [-0.4, -0.2) is 48.5 Å². The number of carbonyl (C=O) groups excluding carboxylic acids is 3. The van der Waals surface area contributed by atoms with Gasteiger partial charge in [-0.2, -0.15) is 5.11 Å². The van der Waals surface area contributed by atoms with Crippen molar-refractivity contribution in [3.63, 3.8) is 0 Å². The number of halogens is 1. The number of methoxy groups -OCH3 is 1. The average molecular weight is 414 g/mol. The van der Waals surface area contributed by atoms with Crippen LogP contribution in [0.1, 0.15) is 0 Å². The number of amides is 3. The molecule has 1 fully saturated rings. The Labute approximate surface area is 170 Å². The van der Waals surface area contributed by atoms with Crippen molar-refractivity contribution in [1.29, 1.82) is 0 Å². The lowest BCUT2D eigenvalue weighted by Gasteiger charge is -2.20. The first-order valence-corrected chi connectivity index (χ1v) is 9.10. The summed E-state index contributed by atoms with van der Waals surface area (Å²) in [7, 11) is 1.53. The van der Waals surface area contributed by atoms with E-state index < -0.39 is 29.8 Å². The van der Waals surface area contributed by atoms with Crippen molar-refractivity contribution in [3.8, 4) is 5.75 Å². The van der Waals surface area contributed by atoms with E-state index in [0.29, 0.717) is 22.1 Å². The second-order valence-electron chi connectivity index (χ2n) is 6.46.